The summed E-state index contributed by atoms with van der Waals surface area (Å²) in [5.41, 5.74) is 4.57. The monoisotopic (exact) mass is 259 g/mol. The Morgan fingerprint density at radius 3 is 2.74 bits per heavy atom. The highest BCUT2D eigenvalue weighted by molar-refractivity contribution is 5.36. The van der Waals surface area contributed by atoms with Crippen LogP contribution in [-0.2, 0) is 0 Å². The molecular formula is C18H29N. The van der Waals surface area contributed by atoms with Crippen LogP contribution in [0.25, 0.3) is 0 Å². The minimum absolute atomic E-state index is 0.752. The molecule has 1 saturated carbocycles. The standard InChI is InChI=1S/C18H29N/c1-5-19-12-16-10-9-13(2)11-18(16)17-8-6-7-14(3)15(17)4/h6-8,13,16,18-19H,5,9-12H2,1-4H3. The fourth-order valence-electron chi connectivity index (χ4n) is 3.57. The van der Waals surface area contributed by atoms with Gasteiger partial charge >= 0.3 is 0 Å². The summed E-state index contributed by atoms with van der Waals surface area (Å²) in [5.74, 6) is 2.45. The lowest BCUT2D eigenvalue weighted by atomic mass is 9.70. The van der Waals surface area contributed by atoms with Gasteiger partial charge in [0.25, 0.3) is 0 Å². The molecule has 3 atom stereocenters. The van der Waals surface area contributed by atoms with Crippen LogP contribution in [0.2, 0.25) is 0 Å². The number of benzene rings is 1. The molecule has 1 fully saturated rings. The van der Waals surface area contributed by atoms with Gasteiger partial charge in [-0.1, -0.05) is 38.5 Å². The smallest absolute Gasteiger partial charge is 0.00148 e. The van der Waals surface area contributed by atoms with Crippen LogP contribution in [-0.4, -0.2) is 13.1 Å². The van der Waals surface area contributed by atoms with Crippen LogP contribution in [0.3, 0.4) is 0 Å². The zero-order chi connectivity index (χ0) is 13.8. The Morgan fingerprint density at radius 1 is 1.21 bits per heavy atom. The molecule has 1 aliphatic carbocycles. The van der Waals surface area contributed by atoms with Gasteiger partial charge in [-0.2, -0.15) is 0 Å². The molecule has 1 aliphatic rings. The average molecular weight is 259 g/mol. The number of nitrogens with one attached hydrogen (secondary N) is 1. The lowest BCUT2D eigenvalue weighted by Crippen LogP contribution is -2.31. The molecule has 1 nitrogen and oxygen atoms in total. The van der Waals surface area contributed by atoms with E-state index in [1.165, 1.54) is 36.9 Å². The lowest BCUT2D eigenvalue weighted by Gasteiger charge is -2.36. The minimum atomic E-state index is 0.752. The second-order valence-electron chi connectivity index (χ2n) is 6.38. The van der Waals surface area contributed by atoms with Crippen LogP contribution in [0, 0.1) is 25.7 Å². The third-order valence-corrected chi connectivity index (χ3v) is 4.96. The summed E-state index contributed by atoms with van der Waals surface area (Å²) in [6.45, 7) is 11.4. The molecule has 0 radical (unpaired) electrons. The Balaban J connectivity index is 2.23. The van der Waals surface area contributed by atoms with E-state index in [-0.39, 0.29) is 0 Å². The van der Waals surface area contributed by atoms with Gasteiger partial charge in [-0.05, 0) is 74.2 Å². The molecule has 2 rings (SSSR count). The van der Waals surface area contributed by atoms with Crippen molar-refractivity contribution in [2.75, 3.05) is 13.1 Å². The molecule has 1 aromatic carbocycles. The van der Waals surface area contributed by atoms with Crippen LogP contribution >= 0.6 is 0 Å². The Bertz CT molecular complexity index is 408. The third-order valence-electron chi connectivity index (χ3n) is 4.96. The predicted molar refractivity (Wildman–Crippen MR) is 83.7 cm³/mol. The van der Waals surface area contributed by atoms with E-state index >= 15 is 0 Å². The Morgan fingerprint density at radius 2 is 2.00 bits per heavy atom. The van der Waals surface area contributed by atoms with Gasteiger partial charge in [-0.3, -0.25) is 0 Å². The minimum Gasteiger partial charge on any atom is -0.317 e. The quantitative estimate of drug-likeness (QED) is 0.843. The molecule has 0 amide bonds. The van der Waals surface area contributed by atoms with Crippen LogP contribution in [0.5, 0.6) is 0 Å². The first-order valence-corrected chi connectivity index (χ1v) is 7.90. The Kier molecular flexibility index (Phi) is 5.04. The van der Waals surface area contributed by atoms with E-state index in [1.54, 1.807) is 5.56 Å². The maximum atomic E-state index is 3.57. The highest BCUT2D eigenvalue weighted by Crippen LogP contribution is 2.41. The van der Waals surface area contributed by atoms with Gasteiger partial charge in [0.1, 0.15) is 0 Å². The first kappa shape index (κ1) is 14.6. The normalized spacial score (nSPS) is 27.5. The molecule has 106 valence electrons. The second-order valence-corrected chi connectivity index (χ2v) is 6.38. The maximum Gasteiger partial charge on any atom is -0.00148 e. The van der Waals surface area contributed by atoms with Crippen molar-refractivity contribution in [3.05, 3.63) is 34.9 Å². The molecular weight excluding hydrogens is 230 g/mol. The highest BCUT2D eigenvalue weighted by Gasteiger charge is 2.30. The summed E-state index contributed by atoms with van der Waals surface area (Å²) in [6.07, 6.45) is 4.14. The third kappa shape index (κ3) is 3.39. The van der Waals surface area contributed by atoms with Crippen molar-refractivity contribution < 1.29 is 0 Å². The second kappa shape index (κ2) is 6.56. The van der Waals surface area contributed by atoms with E-state index in [1.807, 2.05) is 0 Å². The Labute approximate surface area is 118 Å². The fourth-order valence-corrected chi connectivity index (χ4v) is 3.57. The van der Waals surface area contributed by atoms with Crippen LogP contribution in [0.4, 0.5) is 0 Å². The predicted octanol–water partition coefficient (Wildman–Crippen LogP) is 4.43. The van der Waals surface area contributed by atoms with E-state index in [4.69, 9.17) is 0 Å². The van der Waals surface area contributed by atoms with Gasteiger partial charge in [0.05, 0.1) is 0 Å². The molecule has 0 aliphatic heterocycles. The molecule has 3 unspecified atom stereocenters. The molecule has 1 N–H and O–H groups in total. The number of hydrogen-bond acceptors (Lipinski definition) is 1. The fraction of sp³-hybridized carbons (Fsp3) is 0.667. The zero-order valence-electron chi connectivity index (χ0n) is 13.0. The summed E-state index contributed by atoms with van der Waals surface area (Å²) in [7, 11) is 0. The van der Waals surface area contributed by atoms with E-state index in [2.05, 4.69) is 51.2 Å². The highest BCUT2D eigenvalue weighted by atomic mass is 14.8. The van der Waals surface area contributed by atoms with Gasteiger partial charge in [0.15, 0.2) is 0 Å². The number of hydrogen-bond donors (Lipinski definition) is 1. The van der Waals surface area contributed by atoms with Crippen molar-refractivity contribution in [3.63, 3.8) is 0 Å². The van der Waals surface area contributed by atoms with Gasteiger partial charge in [-0.25, -0.2) is 0 Å². The number of rotatable bonds is 4. The van der Waals surface area contributed by atoms with Crippen molar-refractivity contribution in [2.24, 2.45) is 11.8 Å². The van der Waals surface area contributed by atoms with Crippen LogP contribution in [0.15, 0.2) is 18.2 Å². The Hall–Kier alpha value is -0.820. The van der Waals surface area contributed by atoms with Crippen molar-refractivity contribution >= 4 is 0 Å². The van der Waals surface area contributed by atoms with Crippen molar-refractivity contribution in [2.45, 2.75) is 52.9 Å². The summed E-state index contributed by atoms with van der Waals surface area (Å²) in [6, 6.07) is 6.84. The van der Waals surface area contributed by atoms with E-state index in [0.717, 1.165) is 24.3 Å². The van der Waals surface area contributed by atoms with Gasteiger partial charge in [-0.15, -0.1) is 0 Å². The van der Waals surface area contributed by atoms with Gasteiger partial charge in [0.2, 0.25) is 0 Å². The van der Waals surface area contributed by atoms with Crippen LogP contribution < -0.4 is 5.32 Å². The largest absolute Gasteiger partial charge is 0.317 e. The molecule has 1 aromatic rings. The maximum absolute atomic E-state index is 3.57. The molecule has 0 saturated heterocycles. The molecule has 0 bridgehead atoms. The summed E-state index contributed by atoms with van der Waals surface area (Å²) in [5, 5.41) is 3.57. The molecule has 19 heavy (non-hydrogen) atoms. The first-order chi connectivity index (χ1) is 9.13. The van der Waals surface area contributed by atoms with Crippen LogP contribution in [0.1, 0.15) is 55.7 Å². The molecule has 0 spiro atoms. The molecule has 0 heterocycles. The zero-order valence-corrected chi connectivity index (χ0v) is 13.0. The first-order valence-electron chi connectivity index (χ1n) is 7.90. The topological polar surface area (TPSA) is 12.0 Å². The number of aryl methyl sites for hydroxylation is 1. The van der Waals surface area contributed by atoms with Gasteiger partial charge < -0.3 is 5.32 Å². The van der Waals surface area contributed by atoms with E-state index in [0.29, 0.717) is 0 Å². The van der Waals surface area contributed by atoms with Crippen molar-refractivity contribution in [3.8, 4) is 0 Å². The van der Waals surface area contributed by atoms with E-state index in [9.17, 15) is 0 Å². The molecule has 1 heteroatoms. The lowest BCUT2D eigenvalue weighted by molar-refractivity contribution is 0.242. The van der Waals surface area contributed by atoms with Gasteiger partial charge in [0, 0.05) is 0 Å². The van der Waals surface area contributed by atoms with Crippen molar-refractivity contribution in [1.29, 1.82) is 0 Å². The SMILES string of the molecule is CCNCC1CCC(C)CC1c1cccc(C)c1C. The van der Waals surface area contributed by atoms with E-state index < -0.39 is 0 Å². The molecule has 0 aromatic heterocycles. The summed E-state index contributed by atoms with van der Waals surface area (Å²) < 4.78 is 0. The summed E-state index contributed by atoms with van der Waals surface area (Å²) in [4.78, 5) is 0. The summed E-state index contributed by atoms with van der Waals surface area (Å²) >= 11 is 0. The average Bonchev–Trinajstić information content (AvgIpc) is 2.40. The van der Waals surface area contributed by atoms with Crippen molar-refractivity contribution in [1.82, 2.24) is 5.32 Å².